The molecule has 0 aromatic heterocycles. The zero-order valence-corrected chi connectivity index (χ0v) is 11.1. The van der Waals surface area contributed by atoms with E-state index in [-0.39, 0.29) is 12.1 Å². The van der Waals surface area contributed by atoms with E-state index in [2.05, 4.69) is 5.32 Å². The van der Waals surface area contributed by atoms with Crippen LogP contribution in [-0.2, 0) is 6.54 Å². The van der Waals surface area contributed by atoms with Crippen molar-refractivity contribution in [1.82, 2.24) is 0 Å². The highest BCUT2D eigenvalue weighted by atomic mass is 35.5. The summed E-state index contributed by atoms with van der Waals surface area (Å²) in [6.45, 7) is 0.216. The van der Waals surface area contributed by atoms with Gasteiger partial charge in [-0.3, -0.25) is 0 Å². The molecule has 0 spiro atoms. The molecular weight excluding hydrogens is 277 g/mol. The number of anilines is 1. The lowest BCUT2D eigenvalue weighted by molar-refractivity contribution is 0.612. The molecule has 0 saturated heterocycles. The van der Waals surface area contributed by atoms with Gasteiger partial charge in [0.1, 0.15) is 11.9 Å². The number of rotatable bonds is 3. The van der Waals surface area contributed by atoms with E-state index in [0.29, 0.717) is 21.8 Å². The minimum Gasteiger partial charge on any atom is -0.380 e. The molecule has 2 aromatic carbocycles. The van der Waals surface area contributed by atoms with Gasteiger partial charge in [0.15, 0.2) is 0 Å². The number of nitrogens with zero attached hydrogens (tertiary/aromatic N) is 2. The molecule has 0 atom stereocenters. The molecular formula is C15H9ClFN3. The predicted molar refractivity (Wildman–Crippen MR) is 74.6 cm³/mol. The van der Waals surface area contributed by atoms with Gasteiger partial charge < -0.3 is 5.32 Å². The van der Waals surface area contributed by atoms with Gasteiger partial charge in [-0.05, 0) is 30.3 Å². The van der Waals surface area contributed by atoms with Gasteiger partial charge in [-0.25, -0.2) is 4.39 Å². The predicted octanol–water partition coefficient (Wildman–Crippen LogP) is 3.83. The van der Waals surface area contributed by atoms with Crippen molar-refractivity contribution in [2.45, 2.75) is 6.54 Å². The summed E-state index contributed by atoms with van der Waals surface area (Å²) >= 11 is 5.80. The Kier molecular flexibility index (Phi) is 4.20. The van der Waals surface area contributed by atoms with Crippen molar-refractivity contribution in [2.24, 2.45) is 0 Å². The van der Waals surface area contributed by atoms with Crippen LogP contribution in [0.3, 0.4) is 0 Å². The maximum Gasteiger partial charge on any atom is 0.129 e. The van der Waals surface area contributed by atoms with Crippen molar-refractivity contribution in [3.63, 3.8) is 0 Å². The lowest BCUT2D eigenvalue weighted by Gasteiger charge is -2.09. The minimum atomic E-state index is -0.455. The third kappa shape index (κ3) is 3.06. The van der Waals surface area contributed by atoms with E-state index in [0.717, 1.165) is 0 Å². The maximum atomic E-state index is 13.7. The second-order valence-corrected chi connectivity index (χ2v) is 4.51. The highest BCUT2D eigenvalue weighted by Gasteiger charge is 2.06. The van der Waals surface area contributed by atoms with Gasteiger partial charge in [-0.2, -0.15) is 10.5 Å². The monoisotopic (exact) mass is 285 g/mol. The molecule has 2 aromatic rings. The SMILES string of the molecule is N#Cc1ccc(CNc2ccc(Cl)cc2C#N)c(F)c1. The molecule has 0 radical (unpaired) electrons. The largest absolute Gasteiger partial charge is 0.380 e. The van der Waals surface area contributed by atoms with Gasteiger partial charge >= 0.3 is 0 Å². The Labute approximate surface area is 120 Å². The van der Waals surface area contributed by atoms with E-state index < -0.39 is 5.82 Å². The smallest absolute Gasteiger partial charge is 0.129 e. The molecule has 0 heterocycles. The summed E-state index contributed by atoms with van der Waals surface area (Å²) in [6, 6.07) is 13.0. The van der Waals surface area contributed by atoms with Gasteiger partial charge in [-0.1, -0.05) is 17.7 Å². The maximum absolute atomic E-state index is 13.7. The fourth-order valence-corrected chi connectivity index (χ4v) is 1.89. The first kappa shape index (κ1) is 13.9. The van der Waals surface area contributed by atoms with E-state index in [1.54, 1.807) is 30.3 Å². The molecule has 0 aliphatic carbocycles. The Morgan fingerprint density at radius 2 is 1.90 bits per heavy atom. The molecule has 0 aliphatic rings. The van der Waals surface area contributed by atoms with Crippen molar-refractivity contribution in [1.29, 1.82) is 10.5 Å². The van der Waals surface area contributed by atoms with Crippen LogP contribution in [0.15, 0.2) is 36.4 Å². The van der Waals surface area contributed by atoms with E-state index in [4.69, 9.17) is 22.1 Å². The molecule has 0 amide bonds. The average Bonchev–Trinajstić information content (AvgIpc) is 2.46. The van der Waals surface area contributed by atoms with E-state index >= 15 is 0 Å². The summed E-state index contributed by atoms with van der Waals surface area (Å²) in [5, 5.41) is 21.1. The molecule has 1 N–H and O–H groups in total. The highest BCUT2D eigenvalue weighted by Crippen LogP contribution is 2.21. The summed E-state index contributed by atoms with van der Waals surface area (Å²) in [5.74, 6) is -0.455. The van der Waals surface area contributed by atoms with Crippen molar-refractivity contribution >= 4 is 17.3 Å². The van der Waals surface area contributed by atoms with Crippen LogP contribution in [0, 0.1) is 28.5 Å². The molecule has 0 saturated carbocycles. The lowest BCUT2D eigenvalue weighted by atomic mass is 10.1. The Hall–Kier alpha value is -2.56. The number of nitrogens with one attached hydrogen (secondary N) is 1. The molecule has 0 aliphatic heterocycles. The van der Waals surface area contributed by atoms with Crippen LogP contribution in [0.5, 0.6) is 0 Å². The number of hydrogen-bond donors (Lipinski definition) is 1. The molecule has 5 heteroatoms. The van der Waals surface area contributed by atoms with Crippen LogP contribution < -0.4 is 5.32 Å². The highest BCUT2D eigenvalue weighted by molar-refractivity contribution is 6.30. The number of benzene rings is 2. The summed E-state index contributed by atoms with van der Waals surface area (Å²) in [4.78, 5) is 0. The zero-order chi connectivity index (χ0) is 14.5. The third-order valence-corrected chi connectivity index (χ3v) is 2.99. The summed E-state index contributed by atoms with van der Waals surface area (Å²) in [5.41, 5.74) is 1.67. The summed E-state index contributed by atoms with van der Waals surface area (Å²) in [7, 11) is 0. The zero-order valence-electron chi connectivity index (χ0n) is 10.3. The normalized spacial score (nSPS) is 9.60. The van der Waals surface area contributed by atoms with Gasteiger partial charge in [-0.15, -0.1) is 0 Å². The van der Waals surface area contributed by atoms with Gasteiger partial charge in [0.05, 0.1) is 22.9 Å². The molecule has 20 heavy (non-hydrogen) atoms. The van der Waals surface area contributed by atoms with Crippen molar-refractivity contribution in [3.8, 4) is 12.1 Å². The summed E-state index contributed by atoms with van der Waals surface area (Å²) in [6.07, 6.45) is 0. The Bertz CT molecular complexity index is 729. The van der Waals surface area contributed by atoms with E-state index in [9.17, 15) is 4.39 Å². The minimum absolute atomic E-state index is 0.216. The Balaban J connectivity index is 2.18. The molecule has 0 unspecified atom stereocenters. The first-order valence-electron chi connectivity index (χ1n) is 5.76. The van der Waals surface area contributed by atoms with Crippen LogP contribution in [0.25, 0.3) is 0 Å². The number of halogens is 2. The van der Waals surface area contributed by atoms with Crippen molar-refractivity contribution < 1.29 is 4.39 Å². The molecule has 2 rings (SSSR count). The van der Waals surface area contributed by atoms with Gasteiger partial charge in [0, 0.05) is 17.1 Å². The summed E-state index contributed by atoms with van der Waals surface area (Å²) < 4.78 is 13.7. The Morgan fingerprint density at radius 1 is 1.10 bits per heavy atom. The first-order valence-corrected chi connectivity index (χ1v) is 6.14. The van der Waals surface area contributed by atoms with Crippen LogP contribution in [-0.4, -0.2) is 0 Å². The molecule has 0 fully saturated rings. The van der Waals surface area contributed by atoms with Crippen molar-refractivity contribution in [2.75, 3.05) is 5.32 Å². The molecule has 3 nitrogen and oxygen atoms in total. The lowest BCUT2D eigenvalue weighted by Crippen LogP contribution is -2.03. The van der Waals surface area contributed by atoms with E-state index in [1.807, 2.05) is 12.1 Å². The van der Waals surface area contributed by atoms with Crippen molar-refractivity contribution in [3.05, 3.63) is 63.9 Å². The fraction of sp³-hybridized carbons (Fsp3) is 0.0667. The van der Waals surface area contributed by atoms with Crippen LogP contribution in [0.2, 0.25) is 5.02 Å². The standard InChI is InChI=1S/C15H9ClFN3/c16-13-3-4-15(12(6-13)8-19)20-9-11-2-1-10(7-18)5-14(11)17/h1-6,20H,9H2. The van der Waals surface area contributed by atoms with Crippen LogP contribution in [0.4, 0.5) is 10.1 Å². The fourth-order valence-electron chi connectivity index (χ4n) is 1.71. The van der Waals surface area contributed by atoms with Crippen LogP contribution >= 0.6 is 11.6 Å². The van der Waals surface area contributed by atoms with E-state index in [1.165, 1.54) is 6.07 Å². The molecule has 0 bridgehead atoms. The second kappa shape index (κ2) is 6.06. The second-order valence-electron chi connectivity index (χ2n) is 4.07. The van der Waals surface area contributed by atoms with Gasteiger partial charge in [0.25, 0.3) is 0 Å². The average molecular weight is 286 g/mol. The Morgan fingerprint density at radius 3 is 2.55 bits per heavy atom. The quantitative estimate of drug-likeness (QED) is 0.932. The van der Waals surface area contributed by atoms with Crippen LogP contribution in [0.1, 0.15) is 16.7 Å². The first-order chi connectivity index (χ1) is 9.63. The number of nitriles is 2. The molecule has 98 valence electrons. The third-order valence-electron chi connectivity index (χ3n) is 2.75. The number of hydrogen-bond acceptors (Lipinski definition) is 3. The topological polar surface area (TPSA) is 59.6 Å². The van der Waals surface area contributed by atoms with Gasteiger partial charge in [0.2, 0.25) is 0 Å².